The molecule has 0 saturated heterocycles. The molecule has 4 heterocycles. The van der Waals surface area contributed by atoms with Crippen molar-refractivity contribution in [3.63, 3.8) is 0 Å². The average molecular weight is 691 g/mol. The van der Waals surface area contributed by atoms with Crippen molar-refractivity contribution in [1.29, 1.82) is 0 Å². The molecular formula is C50H30N2O2. The molecular weight excluding hydrogens is 661 g/mol. The van der Waals surface area contributed by atoms with Gasteiger partial charge in [-0.25, -0.2) is 0 Å². The Morgan fingerprint density at radius 3 is 1.65 bits per heavy atom. The molecule has 4 aromatic heterocycles. The lowest BCUT2D eigenvalue weighted by molar-refractivity contribution is 0.645. The fraction of sp³-hybridized carbons (Fsp3) is 0. The number of aromatic nitrogens is 2. The third kappa shape index (κ3) is 4.19. The van der Waals surface area contributed by atoms with Crippen LogP contribution in [0.3, 0.4) is 0 Å². The number of hydrogen-bond donors (Lipinski definition) is 0. The molecule has 0 bridgehead atoms. The third-order valence-electron chi connectivity index (χ3n) is 11.1. The molecule has 0 amide bonds. The van der Waals surface area contributed by atoms with Crippen LogP contribution >= 0.6 is 0 Å². The molecule has 0 aliphatic carbocycles. The predicted octanol–water partition coefficient (Wildman–Crippen LogP) is 13.9. The first-order valence-corrected chi connectivity index (χ1v) is 18.3. The smallest absolute Gasteiger partial charge is 0.213 e. The molecule has 0 fully saturated rings. The first-order valence-electron chi connectivity index (χ1n) is 18.3. The molecule has 0 atom stereocenters. The number of hydrogen-bond acceptors (Lipinski definition) is 2. The van der Waals surface area contributed by atoms with Crippen LogP contribution in [0.2, 0.25) is 0 Å². The van der Waals surface area contributed by atoms with Crippen molar-refractivity contribution in [2.75, 3.05) is 0 Å². The van der Waals surface area contributed by atoms with Gasteiger partial charge < -0.3 is 13.4 Å². The second kappa shape index (κ2) is 11.1. The summed E-state index contributed by atoms with van der Waals surface area (Å²) in [6, 6.07) is 64.8. The summed E-state index contributed by atoms with van der Waals surface area (Å²) < 4.78 is 17.4. The molecule has 252 valence electrons. The summed E-state index contributed by atoms with van der Waals surface area (Å²) in [6.07, 6.45) is 0. The van der Waals surface area contributed by atoms with Crippen molar-refractivity contribution in [2.45, 2.75) is 0 Å². The van der Waals surface area contributed by atoms with Crippen LogP contribution in [-0.4, -0.2) is 9.13 Å². The Morgan fingerprint density at radius 2 is 0.833 bits per heavy atom. The van der Waals surface area contributed by atoms with E-state index in [1.54, 1.807) is 0 Å². The summed E-state index contributed by atoms with van der Waals surface area (Å²) >= 11 is 0. The Morgan fingerprint density at radius 1 is 0.296 bits per heavy atom. The third-order valence-corrected chi connectivity index (χ3v) is 11.1. The van der Waals surface area contributed by atoms with Crippen LogP contribution in [0.5, 0.6) is 0 Å². The highest BCUT2D eigenvalue weighted by Gasteiger charge is 2.20. The summed E-state index contributed by atoms with van der Waals surface area (Å²) in [6.45, 7) is 0. The molecule has 4 nitrogen and oxygen atoms in total. The molecule has 0 radical (unpaired) electrons. The lowest BCUT2D eigenvalue weighted by Gasteiger charge is -2.10. The highest BCUT2D eigenvalue weighted by atomic mass is 16.3. The van der Waals surface area contributed by atoms with E-state index in [9.17, 15) is 0 Å². The minimum Gasteiger partial charge on any atom is -0.456 e. The minimum absolute atomic E-state index is 0.870. The van der Waals surface area contributed by atoms with E-state index >= 15 is 0 Å². The minimum atomic E-state index is 0.870. The number of furan rings is 2. The van der Waals surface area contributed by atoms with Crippen molar-refractivity contribution >= 4 is 76.7 Å². The molecule has 12 rings (SSSR count). The van der Waals surface area contributed by atoms with Gasteiger partial charge in [0.1, 0.15) is 16.7 Å². The van der Waals surface area contributed by atoms with E-state index in [4.69, 9.17) is 8.83 Å². The van der Waals surface area contributed by atoms with Crippen molar-refractivity contribution in [3.05, 3.63) is 182 Å². The normalized spacial score (nSPS) is 12.1. The first kappa shape index (κ1) is 29.3. The summed E-state index contributed by atoms with van der Waals surface area (Å²) in [4.78, 5) is 0. The molecule has 0 aliphatic heterocycles. The van der Waals surface area contributed by atoms with Gasteiger partial charge in [0.25, 0.3) is 0 Å². The maximum Gasteiger partial charge on any atom is 0.213 e. The molecule has 54 heavy (non-hydrogen) atoms. The van der Waals surface area contributed by atoms with Crippen molar-refractivity contribution in [2.24, 2.45) is 0 Å². The number of para-hydroxylation sites is 4. The van der Waals surface area contributed by atoms with Crippen LogP contribution in [0.25, 0.3) is 110 Å². The Labute approximate surface area is 309 Å². The van der Waals surface area contributed by atoms with E-state index in [1.165, 1.54) is 38.3 Å². The first-order chi connectivity index (χ1) is 26.8. The molecule has 8 aromatic carbocycles. The Balaban J connectivity index is 0.967. The summed E-state index contributed by atoms with van der Waals surface area (Å²) in [7, 11) is 0. The van der Waals surface area contributed by atoms with Crippen LogP contribution in [0.4, 0.5) is 0 Å². The van der Waals surface area contributed by atoms with Crippen LogP contribution in [-0.2, 0) is 0 Å². The van der Waals surface area contributed by atoms with Gasteiger partial charge in [-0.15, -0.1) is 0 Å². The average Bonchev–Trinajstić information content (AvgIpc) is 3.97. The summed E-state index contributed by atoms with van der Waals surface area (Å²) in [5.74, 6) is 0. The van der Waals surface area contributed by atoms with Gasteiger partial charge in [-0.05, 0) is 101 Å². The number of fused-ring (bicyclic) bond motifs is 11. The fourth-order valence-electron chi connectivity index (χ4n) is 8.64. The van der Waals surface area contributed by atoms with Gasteiger partial charge in [0.05, 0.1) is 21.9 Å². The topological polar surface area (TPSA) is 36.1 Å². The lowest BCUT2D eigenvalue weighted by Crippen LogP contribution is -1.94. The van der Waals surface area contributed by atoms with Gasteiger partial charge in [0.2, 0.25) is 5.71 Å². The Bertz CT molecular complexity index is 3430. The van der Waals surface area contributed by atoms with Gasteiger partial charge in [0.15, 0.2) is 0 Å². The van der Waals surface area contributed by atoms with E-state index in [2.05, 4.69) is 167 Å². The number of rotatable bonds is 4. The van der Waals surface area contributed by atoms with Gasteiger partial charge in [-0.1, -0.05) is 103 Å². The molecule has 4 heteroatoms. The number of nitrogens with zero attached hydrogens (tertiary/aromatic N) is 2. The van der Waals surface area contributed by atoms with E-state index in [-0.39, 0.29) is 0 Å². The number of benzene rings is 8. The van der Waals surface area contributed by atoms with E-state index in [0.717, 1.165) is 72.0 Å². The molecule has 0 saturated carbocycles. The monoisotopic (exact) mass is 690 g/mol. The predicted molar refractivity (Wildman–Crippen MR) is 223 cm³/mol. The largest absolute Gasteiger partial charge is 0.456 e. The highest BCUT2D eigenvalue weighted by molar-refractivity contribution is 6.20. The van der Waals surface area contributed by atoms with Gasteiger partial charge in [0, 0.05) is 43.7 Å². The zero-order chi connectivity index (χ0) is 35.3. The second-order valence-electron chi connectivity index (χ2n) is 14.1. The van der Waals surface area contributed by atoms with E-state index in [0.29, 0.717) is 0 Å². The van der Waals surface area contributed by atoms with Crippen LogP contribution in [0, 0.1) is 0 Å². The van der Waals surface area contributed by atoms with Gasteiger partial charge in [-0.2, -0.15) is 0 Å². The van der Waals surface area contributed by atoms with Crippen LogP contribution < -0.4 is 0 Å². The lowest BCUT2D eigenvalue weighted by atomic mass is 10.0. The zero-order valence-electron chi connectivity index (χ0n) is 29.0. The van der Waals surface area contributed by atoms with Crippen molar-refractivity contribution in [1.82, 2.24) is 9.13 Å². The molecule has 12 aromatic rings. The Hall–Kier alpha value is -7.30. The molecule has 0 N–H and O–H groups in total. The molecule has 0 unspecified atom stereocenters. The van der Waals surface area contributed by atoms with Gasteiger partial charge in [-0.3, -0.25) is 4.57 Å². The maximum atomic E-state index is 6.51. The van der Waals surface area contributed by atoms with Gasteiger partial charge >= 0.3 is 0 Å². The van der Waals surface area contributed by atoms with Crippen molar-refractivity contribution in [3.8, 4) is 33.6 Å². The summed E-state index contributed by atoms with van der Waals surface area (Å²) in [5.41, 5.74) is 13.9. The molecule has 0 aliphatic rings. The Kier molecular flexibility index (Phi) is 6.02. The second-order valence-corrected chi connectivity index (χ2v) is 14.1. The zero-order valence-corrected chi connectivity index (χ0v) is 29.0. The van der Waals surface area contributed by atoms with Crippen LogP contribution in [0.15, 0.2) is 191 Å². The molecule has 0 spiro atoms. The highest BCUT2D eigenvalue weighted by Crippen LogP contribution is 2.41. The fourth-order valence-corrected chi connectivity index (χ4v) is 8.64. The van der Waals surface area contributed by atoms with Crippen LogP contribution in [0.1, 0.15) is 0 Å². The van der Waals surface area contributed by atoms with E-state index < -0.39 is 0 Å². The SMILES string of the molecule is c1ccc(-n2c3ccc(-c4ccc(-n5c6ccccc6c6cc(-c7ccc8c(c7)oc7ccccc78)ccc65)cc4)cc3c3c4ccccc4oc32)cc1. The standard InChI is InChI=1S/C50H30N2O2/c1-2-10-35(11-3-1)52-45-27-21-32(29-42(45)49-40-14-6-9-17-47(40)54-50(49)52)31-18-23-36(24-19-31)51-43-15-7-4-12-37(43)41-28-33(22-26-44(41)51)34-20-25-39-38-13-5-8-16-46(38)53-48(39)30-34/h1-30H. The summed E-state index contributed by atoms with van der Waals surface area (Å²) in [5, 5.41) is 8.20. The maximum absolute atomic E-state index is 6.51. The quantitative estimate of drug-likeness (QED) is 0.184. The van der Waals surface area contributed by atoms with Crippen molar-refractivity contribution < 1.29 is 8.83 Å². The van der Waals surface area contributed by atoms with E-state index in [1.807, 2.05) is 24.3 Å².